The molecule has 4 N–H and O–H groups in total. The second-order valence-electron chi connectivity index (χ2n) is 11.7. The van der Waals surface area contributed by atoms with Crippen LogP contribution in [-0.2, 0) is 35.9 Å². The van der Waals surface area contributed by atoms with Crippen molar-refractivity contribution in [3.05, 3.63) is 137 Å². The second-order valence-corrected chi connectivity index (χ2v) is 14.8. The Bertz CT molecular complexity index is 2200. The van der Waals surface area contributed by atoms with Gasteiger partial charge in [0.1, 0.15) is 0 Å². The van der Waals surface area contributed by atoms with Crippen LogP contribution in [0.2, 0.25) is 0 Å². The molecule has 0 saturated carbocycles. The summed E-state index contributed by atoms with van der Waals surface area (Å²) in [6.45, 7) is 5.78. The topological polar surface area (TPSA) is 128 Å². The molecule has 0 fully saturated rings. The quantitative estimate of drug-likeness (QED) is 0.120. The Labute approximate surface area is 446 Å². The van der Waals surface area contributed by atoms with E-state index in [0.717, 1.165) is 28.1 Å². The van der Waals surface area contributed by atoms with Crippen molar-refractivity contribution in [2.24, 2.45) is 4.99 Å². The van der Waals surface area contributed by atoms with Crippen LogP contribution in [0, 0.1) is 145 Å². The molecule has 0 saturated heterocycles. The van der Waals surface area contributed by atoms with E-state index >= 15 is 0 Å². The first-order valence-electron chi connectivity index (χ1n) is 15.9. The molecule has 0 aliphatic carbocycles. The third-order valence-electron chi connectivity index (χ3n) is 8.14. The monoisotopic (exact) mass is 1100 g/mol. The molecule has 1 aliphatic rings. The second kappa shape index (κ2) is 25.7. The maximum Gasteiger partial charge on any atom is 0.221 e. The number of rotatable bonds is 7. The Morgan fingerprint density at radius 3 is 1.71 bits per heavy atom. The van der Waals surface area contributed by atoms with Gasteiger partial charge in [-0.3, -0.25) is 19.8 Å². The smallest absolute Gasteiger partial charge is 0.221 e. The van der Waals surface area contributed by atoms with Gasteiger partial charge >= 0.3 is 0 Å². The number of hydrogen-bond donors (Lipinski definition) is 4. The van der Waals surface area contributed by atoms with Gasteiger partial charge in [0, 0.05) is 172 Å². The first kappa shape index (κ1) is 54.0. The predicted molar refractivity (Wildman–Crippen MR) is 214 cm³/mol. The number of aromatic hydroxyl groups is 3. The number of alkyl halides is 1. The number of anilines is 1. The molecule has 5 aromatic rings. The fourth-order valence-electron chi connectivity index (χ4n) is 5.28. The molecule has 302 valence electrons. The summed E-state index contributed by atoms with van der Waals surface area (Å²) in [6, 6.07) is 13.5. The molecule has 0 atom stereocenters. The number of halogens is 7. The molecule has 8 nitrogen and oxygen atoms in total. The average molecular weight is 1110 g/mol. The number of benzene rings is 3. The fraction of sp³-hybridized carbons (Fsp3) is 0.211. The Morgan fingerprint density at radius 1 is 0.696 bits per heavy atom. The molecule has 3 aromatic carbocycles. The van der Waals surface area contributed by atoms with Gasteiger partial charge in [-0.15, -0.1) is 0 Å². The number of hydrogen-bond acceptors (Lipinski definition) is 7. The van der Waals surface area contributed by atoms with E-state index in [1.54, 1.807) is 61.8 Å². The number of nitrogens with zero attached hydrogens (tertiary/aromatic N) is 3. The van der Waals surface area contributed by atoms with E-state index in [4.69, 9.17) is 5.11 Å². The van der Waals surface area contributed by atoms with Crippen LogP contribution in [0.1, 0.15) is 51.7 Å². The van der Waals surface area contributed by atoms with Crippen LogP contribution in [0.15, 0.2) is 79.3 Å². The molecule has 0 bridgehead atoms. The number of aryl methyl sites for hydroxylation is 4. The molecule has 6 rings (SSSR count). The normalized spacial score (nSPS) is 10.9. The number of pyridine rings is 2. The van der Waals surface area contributed by atoms with E-state index in [1.807, 2.05) is 13.0 Å². The van der Waals surface area contributed by atoms with E-state index in [0.29, 0.717) is 72.6 Å². The number of phenols is 3. The van der Waals surface area contributed by atoms with E-state index in [9.17, 15) is 28.2 Å². The van der Waals surface area contributed by atoms with Crippen LogP contribution in [0.5, 0.6) is 17.2 Å². The summed E-state index contributed by atoms with van der Waals surface area (Å²) in [5, 5.41) is 31.5. The number of carbonyl (C=O) groups is 1. The number of carbonyl (C=O) groups excluding carboxylic acids is 1. The van der Waals surface area contributed by atoms with Crippen LogP contribution < -0.4 is 5.32 Å². The molecular formula is C38H33Ar3Br4F3N4O4. The Morgan fingerprint density at radius 2 is 1.16 bits per heavy atom. The van der Waals surface area contributed by atoms with Gasteiger partial charge in [0.15, 0.2) is 34.7 Å². The van der Waals surface area contributed by atoms with Gasteiger partial charge in [-0.05, 0) is 122 Å². The SMILES string of the molecule is CC(=O)Nc1c(CCc2ccc(Br)c(O)c2F)ccnc1C.Cc1nccc2c1CN=C2Cc1ccc(Br)c(O)c1F.Oc1c(Br)ccc(CBr)c1F.[Ar].[Ar].[Ar]. The van der Waals surface area contributed by atoms with Gasteiger partial charge in [-0.2, -0.15) is 0 Å². The third kappa shape index (κ3) is 14.3. The minimum atomic E-state index is -0.624. The Balaban J connectivity index is 0.000000429. The summed E-state index contributed by atoms with van der Waals surface area (Å²) < 4.78 is 42.0. The molecule has 18 heteroatoms. The zero-order valence-corrected chi connectivity index (χ0v) is 38.1. The first-order chi connectivity index (χ1) is 25.1. The fourth-order valence-corrected chi connectivity index (χ4v) is 6.63. The van der Waals surface area contributed by atoms with Crippen molar-refractivity contribution < 1.29 is 147 Å². The minimum absolute atomic E-state index is 0. The van der Waals surface area contributed by atoms with Crippen molar-refractivity contribution in [2.75, 3.05) is 5.32 Å². The van der Waals surface area contributed by atoms with Gasteiger partial charge in [0.2, 0.25) is 5.91 Å². The zero-order valence-electron chi connectivity index (χ0n) is 29.6. The third-order valence-corrected chi connectivity index (χ3v) is 10.7. The van der Waals surface area contributed by atoms with Crippen molar-refractivity contribution in [3.63, 3.8) is 0 Å². The number of nitrogens with one attached hydrogen (secondary N) is 1. The maximum absolute atomic E-state index is 14.0. The number of aromatic nitrogens is 2. The Kier molecular flexibility index (Phi) is 24.8. The van der Waals surface area contributed by atoms with E-state index in [-0.39, 0.29) is 136 Å². The molecular weight excluding hydrogens is 1070 g/mol. The van der Waals surface area contributed by atoms with Crippen LogP contribution in [0.3, 0.4) is 0 Å². The summed E-state index contributed by atoms with van der Waals surface area (Å²) in [7, 11) is 0. The summed E-state index contributed by atoms with van der Waals surface area (Å²) in [4.78, 5) is 24.2. The zero-order chi connectivity index (χ0) is 39.0. The van der Waals surface area contributed by atoms with E-state index in [1.165, 1.54) is 6.92 Å². The van der Waals surface area contributed by atoms with E-state index in [2.05, 4.69) is 84.0 Å². The molecule has 0 spiro atoms. The molecule has 0 unspecified atom stereocenters. The van der Waals surface area contributed by atoms with Crippen molar-refractivity contribution in [2.45, 2.75) is 51.9 Å². The minimum Gasteiger partial charge on any atom is -0.504 e. The number of phenolic OH excluding ortho intramolecular Hbond substituents is 3. The van der Waals surface area contributed by atoms with Crippen LogP contribution >= 0.6 is 63.7 Å². The summed E-state index contributed by atoms with van der Waals surface area (Å²) in [6.07, 6.45) is 4.69. The van der Waals surface area contributed by atoms with Gasteiger partial charge in [0.05, 0.1) is 31.3 Å². The summed E-state index contributed by atoms with van der Waals surface area (Å²) in [5.74, 6) is -3.04. The van der Waals surface area contributed by atoms with Crippen molar-refractivity contribution in [1.29, 1.82) is 0 Å². The number of fused-ring (bicyclic) bond motifs is 1. The molecule has 2 aromatic heterocycles. The van der Waals surface area contributed by atoms with Gasteiger partial charge < -0.3 is 20.6 Å². The van der Waals surface area contributed by atoms with E-state index < -0.39 is 17.5 Å². The van der Waals surface area contributed by atoms with Crippen molar-refractivity contribution >= 4 is 81.0 Å². The average Bonchev–Trinajstić information content (AvgIpc) is 3.55. The molecule has 3 heterocycles. The largest absolute Gasteiger partial charge is 0.504 e. The van der Waals surface area contributed by atoms with Crippen LogP contribution in [0.4, 0.5) is 18.9 Å². The Hall–Kier alpha value is -0.0108. The molecule has 56 heavy (non-hydrogen) atoms. The molecule has 1 amide bonds. The maximum atomic E-state index is 14.0. The number of aliphatic imine (C=N–C) groups is 1. The first-order valence-corrected chi connectivity index (χ1v) is 19.4. The standard InChI is InChI=1S/C16H16BrFN2O2.C15H12BrFN2O.C7H5Br2FO.3Ar/c1-9-15(20-10(2)21)12(7-8-19-9)4-3-11-5-6-13(17)16(22)14(11)18;1-8-11-7-19-13(10(11)4-5-18-8)6-9-2-3-12(16)15(20)14(9)17;8-3-4-1-2-5(9)7(11)6(4)10;;;/h5-8,22H,3-4H2,1-2H3,(H,20,21);2-5,20H,6-7H2,1H3;1-2,11H,3H2;;;. The van der Waals surface area contributed by atoms with Crippen molar-refractivity contribution in [1.82, 2.24) is 9.97 Å². The number of amides is 1. The molecule has 1 aliphatic heterocycles. The summed E-state index contributed by atoms with van der Waals surface area (Å²) >= 11 is 12.3. The van der Waals surface area contributed by atoms with Gasteiger partial charge in [-0.1, -0.05) is 34.1 Å². The van der Waals surface area contributed by atoms with Crippen LogP contribution in [-0.4, -0.2) is 36.9 Å². The van der Waals surface area contributed by atoms with Crippen molar-refractivity contribution in [3.8, 4) is 17.2 Å². The van der Waals surface area contributed by atoms with Crippen LogP contribution in [0.25, 0.3) is 0 Å². The van der Waals surface area contributed by atoms with Gasteiger partial charge in [-0.25, -0.2) is 13.2 Å². The summed E-state index contributed by atoms with van der Waals surface area (Å²) in [5.41, 5.74) is 7.49. The van der Waals surface area contributed by atoms with Gasteiger partial charge in [0.25, 0.3) is 0 Å². The predicted octanol–water partition coefficient (Wildman–Crippen LogP) is 10.5. The molecule has 0 radical (unpaired) electrons.